The van der Waals surface area contributed by atoms with Crippen molar-refractivity contribution in [2.24, 2.45) is 0 Å². The fourth-order valence-electron chi connectivity index (χ4n) is 4.28. The van der Waals surface area contributed by atoms with E-state index in [1.807, 2.05) is 0 Å². The summed E-state index contributed by atoms with van der Waals surface area (Å²) < 4.78 is 0. The smallest absolute Gasteiger partial charge is 0.0660 e. The second kappa shape index (κ2) is 5.32. The average molecular weight is 337 g/mol. The molecular formula is C21H28Si2. The van der Waals surface area contributed by atoms with E-state index in [9.17, 15) is 0 Å². The van der Waals surface area contributed by atoms with Crippen LogP contribution in [0.3, 0.4) is 0 Å². The summed E-state index contributed by atoms with van der Waals surface area (Å²) in [5.74, 6) is 0. The molecule has 0 spiro atoms. The van der Waals surface area contributed by atoms with Gasteiger partial charge in [-0.15, -0.1) is 0 Å². The molecule has 0 bridgehead atoms. The predicted octanol–water partition coefficient (Wildman–Crippen LogP) is 6.04. The first-order valence-corrected chi connectivity index (χ1v) is 15.6. The molecule has 0 fully saturated rings. The van der Waals surface area contributed by atoms with E-state index in [1.54, 1.807) is 10.4 Å². The Balaban J connectivity index is 2.29. The van der Waals surface area contributed by atoms with Crippen molar-refractivity contribution < 1.29 is 0 Å². The summed E-state index contributed by atoms with van der Waals surface area (Å²) >= 11 is 0. The molecule has 2 aromatic carbocycles. The molecule has 0 aromatic heterocycles. The summed E-state index contributed by atoms with van der Waals surface area (Å²) in [5.41, 5.74) is 3.04. The summed E-state index contributed by atoms with van der Waals surface area (Å²) in [5, 5.41) is 3.59. The van der Waals surface area contributed by atoms with Gasteiger partial charge in [-0.25, -0.2) is 0 Å². The molecule has 120 valence electrons. The van der Waals surface area contributed by atoms with E-state index in [0.717, 1.165) is 0 Å². The minimum Gasteiger partial charge on any atom is -0.0660 e. The zero-order chi connectivity index (χ0) is 16.9. The van der Waals surface area contributed by atoms with E-state index < -0.39 is 16.1 Å². The van der Waals surface area contributed by atoms with Crippen LogP contribution in [0.4, 0.5) is 0 Å². The first-order valence-electron chi connectivity index (χ1n) is 8.57. The molecule has 0 unspecified atom stereocenters. The van der Waals surface area contributed by atoms with Crippen molar-refractivity contribution in [3.8, 4) is 0 Å². The van der Waals surface area contributed by atoms with Crippen molar-refractivity contribution in [3.63, 3.8) is 0 Å². The summed E-state index contributed by atoms with van der Waals surface area (Å²) in [6.07, 6.45) is 0. The van der Waals surface area contributed by atoms with Crippen LogP contribution in [0.25, 0.3) is 0 Å². The van der Waals surface area contributed by atoms with Crippen molar-refractivity contribution >= 4 is 16.1 Å². The van der Waals surface area contributed by atoms with Gasteiger partial charge in [0.25, 0.3) is 0 Å². The first kappa shape index (κ1) is 16.5. The summed E-state index contributed by atoms with van der Waals surface area (Å²) in [4.78, 5) is 0. The van der Waals surface area contributed by atoms with E-state index in [0.29, 0.717) is 0 Å². The lowest BCUT2D eigenvalue weighted by molar-refractivity contribution is 0.900. The third-order valence-corrected chi connectivity index (χ3v) is 9.35. The number of benzene rings is 2. The SMILES string of the molecule is C[Si](C)(C)C1=C([Si](C)(C)C)C1(c1ccccc1)c1ccccc1. The Morgan fingerprint density at radius 1 is 0.522 bits per heavy atom. The van der Waals surface area contributed by atoms with Gasteiger partial charge in [0.05, 0.1) is 21.6 Å². The molecule has 3 rings (SSSR count). The third kappa shape index (κ3) is 2.58. The lowest BCUT2D eigenvalue weighted by Crippen LogP contribution is -2.30. The van der Waals surface area contributed by atoms with Crippen LogP contribution in [0.5, 0.6) is 0 Å². The number of rotatable bonds is 4. The zero-order valence-corrected chi connectivity index (χ0v) is 17.3. The summed E-state index contributed by atoms with van der Waals surface area (Å²) in [6.45, 7) is 15.1. The molecule has 0 radical (unpaired) electrons. The van der Waals surface area contributed by atoms with Gasteiger partial charge in [-0.05, 0) is 11.1 Å². The van der Waals surface area contributed by atoms with Crippen LogP contribution in [0, 0.1) is 0 Å². The van der Waals surface area contributed by atoms with Gasteiger partial charge >= 0.3 is 0 Å². The molecule has 0 atom stereocenters. The minimum atomic E-state index is -1.38. The van der Waals surface area contributed by atoms with Crippen molar-refractivity contribution in [3.05, 3.63) is 82.2 Å². The number of allylic oxidation sites excluding steroid dienone is 2. The van der Waals surface area contributed by atoms with Crippen LogP contribution in [-0.4, -0.2) is 16.1 Å². The quantitative estimate of drug-likeness (QED) is 0.597. The average Bonchev–Trinajstić information content (AvgIpc) is 3.21. The largest absolute Gasteiger partial charge is 0.0739 e. The van der Waals surface area contributed by atoms with Gasteiger partial charge in [-0.2, -0.15) is 0 Å². The third-order valence-electron chi connectivity index (χ3n) is 4.85. The van der Waals surface area contributed by atoms with E-state index in [2.05, 4.69) is 99.9 Å². The van der Waals surface area contributed by atoms with E-state index >= 15 is 0 Å². The predicted molar refractivity (Wildman–Crippen MR) is 107 cm³/mol. The number of hydrogen-bond donors (Lipinski definition) is 0. The molecule has 0 aliphatic heterocycles. The fraction of sp³-hybridized carbons (Fsp3) is 0.333. The zero-order valence-electron chi connectivity index (χ0n) is 15.3. The van der Waals surface area contributed by atoms with Crippen LogP contribution in [0.1, 0.15) is 11.1 Å². The molecule has 2 aromatic rings. The molecular weight excluding hydrogens is 308 g/mol. The standard InChI is InChI=1S/C21H28Si2/c1-22(2,3)19-20(23(4,5)6)21(19,17-13-9-7-10-14-17)18-15-11-8-12-16-18/h7-16H,1-6H3. The van der Waals surface area contributed by atoms with Gasteiger partial charge in [-0.3, -0.25) is 0 Å². The molecule has 0 saturated carbocycles. The topological polar surface area (TPSA) is 0 Å². The Hall–Kier alpha value is -1.39. The maximum absolute atomic E-state index is 2.51. The number of hydrogen-bond acceptors (Lipinski definition) is 0. The van der Waals surface area contributed by atoms with Gasteiger partial charge in [0.15, 0.2) is 0 Å². The van der Waals surface area contributed by atoms with Gasteiger partial charge < -0.3 is 0 Å². The highest BCUT2D eigenvalue weighted by atomic mass is 28.3. The molecule has 2 heteroatoms. The highest BCUT2D eigenvalue weighted by Crippen LogP contribution is 2.64. The molecule has 0 N–H and O–H groups in total. The van der Waals surface area contributed by atoms with Crippen molar-refractivity contribution in [2.45, 2.75) is 44.7 Å². The van der Waals surface area contributed by atoms with Crippen molar-refractivity contribution in [2.75, 3.05) is 0 Å². The summed E-state index contributed by atoms with van der Waals surface area (Å²) in [6, 6.07) is 22.4. The van der Waals surface area contributed by atoms with Crippen LogP contribution in [-0.2, 0) is 5.41 Å². The highest BCUT2D eigenvalue weighted by molar-refractivity contribution is 6.93. The Bertz CT molecular complexity index is 663. The second-order valence-corrected chi connectivity index (χ2v) is 18.7. The van der Waals surface area contributed by atoms with Gasteiger partial charge in [0, 0.05) is 0 Å². The van der Waals surface area contributed by atoms with Crippen molar-refractivity contribution in [1.82, 2.24) is 0 Å². The van der Waals surface area contributed by atoms with Gasteiger partial charge in [0.1, 0.15) is 0 Å². The minimum absolute atomic E-state index is 0.0947. The molecule has 0 saturated heterocycles. The van der Waals surface area contributed by atoms with Gasteiger partial charge in [0.2, 0.25) is 0 Å². The van der Waals surface area contributed by atoms with Crippen LogP contribution < -0.4 is 0 Å². The van der Waals surface area contributed by atoms with E-state index in [-0.39, 0.29) is 5.41 Å². The van der Waals surface area contributed by atoms with E-state index in [4.69, 9.17) is 0 Å². The van der Waals surface area contributed by atoms with Crippen LogP contribution in [0.15, 0.2) is 71.1 Å². The molecule has 0 amide bonds. The van der Waals surface area contributed by atoms with Crippen LogP contribution >= 0.6 is 0 Å². The maximum Gasteiger partial charge on any atom is 0.0739 e. The lowest BCUT2D eigenvalue weighted by Gasteiger charge is -2.29. The Labute approximate surface area is 143 Å². The molecule has 1 aliphatic carbocycles. The van der Waals surface area contributed by atoms with Gasteiger partial charge in [-0.1, -0.05) is 110 Å². The molecule has 0 nitrogen and oxygen atoms in total. The Morgan fingerprint density at radius 3 is 1.09 bits per heavy atom. The Morgan fingerprint density at radius 2 is 0.826 bits per heavy atom. The Kier molecular flexibility index (Phi) is 3.81. The summed E-state index contributed by atoms with van der Waals surface area (Å²) in [7, 11) is -2.77. The molecule has 23 heavy (non-hydrogen) atoms. The molecule has 1 aliphatic rings. The lowest BCUT2D eigenvalue weighted by atomic mass is 9.85. The van der Waals surface area contributed by atoms with Crippen LogP contribution in [0.2, 0.25) is 39.3 Å². The fourth-order valence-corrected chi connectivity index (χ4v) is 11.5. The second-order valence-electron chi connectivity index (χ2n) is 8.73. The molecule has 0 heterocycles. The monoisotopic (exact) mass is 336 g/mol. The first-order chi connectivity index (χ1) is 10.7. The normalized spacial score (nSPS) is 17.3. The maximum atomic E-state index is 2.51. The van der Waals surface area contributed by atoms with E-state index in [1.165, 1.54) is 11.1 Å². The van der Waals surface area contributed by atoms with Crippen molar-refractivity contribution in [1.29, 1.82) is 0 Å². The highest BCUT2D eigenvalue weighted by Gasteiger charge is 2.62.